The molecule has 0 unspecified atom stereocenters. The van der Waals surface area contributed by atoms with Gasteiger partial charge in [-0.15, -0.1) is 0 Å². The molecule has 0 aliphatic rings. The van der Waals surface area contributed by atoms with Gasteiger partial charge in [0, 0.05) is 29.7 Å². The van der Waals surface area contributed by atoms with Crippen molar-refractivity contribution < 1.29 is 8.42 Å². The van der Waals surface area contributed by atoms with Crippen LogP contribution in [0.15, 0.2) is 66.0 Å². The van der Waals surface area contributed by atoms with Gasteiger partial charge in [-0.1, -0.05) is 31.5 Å². The summed E-state index contributed by atoms with van der Waals surface area (Å²) in [6, 6.07) is 12.7. The fourth-order valence-corrected chi connectivity index (χ4v) is 3.80. The van der Waals surface area contributed by atoms with Gasteiger partial charge in [0.15, 0.2) is 0 Å². The highest BCUT2D eigenvalue weighted by atomic mass is 32.2. The predicted octanol–water partition coefficient (Wildman–Crippen LogP) is 3.69. The summed E-state index contributed by atoms with van der Waals surface area (Å²) in [6.07, 6.45) is 5.17. The second-order valence-corrected chi connectivity index (χ2v) is 8.10. The zero-order valence-electron chi connectivity index (χ0n) is 13.4. The van der Waals surface area contributed by atoms with Crippen LogP contribution in [0.2, 0.25) is 0 Å². The second-order valence-electron chi connectivity index (χ2n) is 6.26. The molecule has 0 aliphatic carbocycles. The molecule has 1 N–H and O–H groups in total. The summed E-state index contributed by atoms with van der Waals surface area (Å²) >= 11 is 0. The largest absolute Gasteiger partial charge is 0.364 e. The maximum absolute atomic E-state index is 12.7. The standard InChI is InChI=1S/C18H20N2O2S/c1-14-6-8-16(9-7-14)23(21,22)20-12-10-15(13-20)18(2,3)17-5-4-11-19-17/h4-13,19H,1-3H3. The first kappa shape index (κ1) is 15.6. The molecule has 3 rings (SSSR count). The van der Waals surface area contributed by atoms with E-state index in [-0.39, 0.29) is 5.41 Å². The third-order valence-corrected chi connectivity index (χ3v) is 5.91. The van der Waals surface area contributed by atoms with Gasteiger partial charge in [0.25, 0.3) is 10.0 Å². The van der Waals surface area contributed by atoms with Crippen LogP contribution in [-0.2, 0) is 15.4 Å². The van der Waals surface area contributed by atoms with Crippen molar-refractivity contribution >= 4 is 10.0 Å². The zero-order valence-corrected chi connectivity index (χ0v) is 14.3. The van der Waals surface area contributed by atoms with Gasteiger partial charge in [0.1, 0.15) is 0 Å². The first-order chi connectivity index (χ1) is 10.8. The summed E-state index contributed by atoms with van der Waals surface area (Å²) < 4.78 is 26.7. The van der Waals surface area contributed by atoms with Crippen molar-refractivity contribution in [1.82, 2.24) is 8.96 Å². The highest BCUT2D eigenvalue weighted by Crippen LogP contribution is 2.31. The van der Waals surface area contributed by atoms with Gasteiger partial charge in [0.2, 0.25) is 0 Å². The van der Waals surface area contributed by atoms with Crippen molar-refractivity contribution in [1.29, 1.82) is 0 Å². The normalized spacial score (nSPS) is 12.5. The first-order valence-corrected chi connectivity index (χ1v) is 8.90. The van der Waals surface area contributed by atoms with Gasteiger partial charge in [0.05, 0.1) is 4.90 Å². The van der Waals surface area contributed by atoms with E-state index in [1.54, 1.807) is 36.7 Å². The molecule has 1 aromatic carbocycles. The monoisotopic (exact) mass is 328 g/mol. The summed E-state index contributed by atoms with van der Waals surface area (Å²) in [6.45, 7) is 6.07. The molecule has 0 atom stereocenters. The third-order valence-electron chi connectivity index (χ3n) is 4.26. The van der Waals surface area contributed by atoms with Crippen LogP contribution in [0.5, 0.6) is 0 Å². The lowest BCUT2D eigenvalue weighted by Crippen LogP contribution is -2.19. The second kappa shape index (κ2) is 5.42. The number of hydrogen-bond acceptors (Lipinski definition) is 2. The Labute approximate surface area is 136 Å². The quantitative estimate of drug-likeness (QED) is 0.794. The molecule has 0 saturated carbocycles. The van der Waals surface area contributed by atoms with E-state index in [0.717, 1.165) is 16.8 Å². The number of H-pyrrole nitrogens is 1. The molecule has 0 spiro atoms. The molecule has 4 nitrogen and oxygen atoms in total. The van der Waals surface area contributed by atoms with E-state index in [1.165, 1.54) is 3.97 Å². The average Bonchev–Trinajstić information content (AvgIpc) is 3.20. The van der Waals surface area contributed by atoms with Crippen LogP contribution >= 0.6 is 0 Å². The van der Waals surface area contributed by atoms with Crippen LogP contribution in [0.1, 0.15) is 30.7 Å². The molecule has 23 heavy (non-hydrogen) atoms. The Hall–Kier alpha value is -2.27. The van der Waals surface area contributed by atoms with Crippen LogP contribution in [0.25, 0.3) is 0 Å². The van der Waals surface area contributed by atoms with Crippen molar-refractivity contribution in [3.63, 3.8) is 0 Å². The molecule has 2 aromatic heterocycles. The third kappa shape index (κ3) is 2.72. The molecule has 0 bridgehead atoms. The topological polar surface area (TPSA) is 54.9 Å². The Morgan fingerprint density at radius 3 is 2.35 bits per heavy atom. The van der Waals surface area contributed by atoms with Crippen LogP contribution in [0.4, 0.5) is 0 Å². The molecular formula is C18H20N2O2S. The van der Waals surface area contributed by atoms with Crippen molar-refractivity contribution in [3.8, 4) is 0 Å². The Morgan fingerprint density at radius 2 is 1.74 bits per heavy atom. The van der Waals surface area contributed by atoms with Crippen LogP contribution in [0.3, 0.4) is 0 Å². The zero-order chi connectivity index (χ0) is 16.7. The Morgan fingerprint density at radius 1 is 1.04 bits per heavy atom. The molecular weight excluding hydrogens is 308 g/mol. The van der Waals surface area contributed by atoms with E-state index in [0.29, 0.717) is 4.90 Å². The maximum atomic E-state index is 12.7. The van der Waals surface area contributed by atoms with E-state index in [9.17, 15) is 8.42 Å². The van der Waals surface area contributed by atoms with Gasteiger partial charge in [-0.3, -0.25) is 0 Å². The van der Waals surface area contributed by atoms with Crippen molar-refractivity contribution in [2.75, 3.05) is 0 Å². The predicted molar refractivity (Wildman–Crippen MR) is 91.1 cm³/mol. The summed E-state index contributed by atoms with van der Waals surface area (Å²) in [5.41, 5.74) is 2.72. The number of nitrogens with one attached hydrogen (secondary N) is 1. The fourth-order valence-electron chi connectivity index (χ4n) is 2.60. The van der Waals surface area contributed by atoms with E-state index >= 15 is 0 Å². The molecule has 3 aromatic rings. The number of benzene rings is 1. The average molecular weight is 328 g/mol. The highest BCUT2D eigenvalue weighted by molar-refractivity contribution is 7.90. The highest BCUT2D eigenvalue weighted by Gasteiger charge is 2.27. The molecule has 0 radical (unpaired) electrons. The molecule has 5 heteroatoms. The molecule has 0 saturated heterocycles. The van der Waals surface area contributed by atoms with Gasteiger partial charge >= 0.3 is 0 Å². The van der Waals surface area contributed by atoms with Gasteiger partial charge in [-0.05, 0) is 42.8 Å². The van der Waals surface area contributed by atoms with Gasteiger partial charge in [-0.25, -0.2) is 12.4 Å². The van der Waals surface area contributed by atoms with Crippen molar-refractivity contribution in [3.05, 3.63) is 77.9 Å². The van der Waals surface area contributed by atoms with Gasteiger partial charge < -0.3 is 4.98 Å². The Balaban J connectivity index is 2.00. The summed E-state index contributed by atoms with van der Waals surface area (Å²) in [7, 11) is -3.56. The first-order valence-electron chi connectivity index (χ1n) is 7.46. The van der Waals surface area contributed by atoms with Crippen molar-refractivity contribution in [2.24, 2.45) is 0 Å². The van der Waals surface area contributed by atoms with Crippen LogP contribution < -0.4 is 0 Å². The number of aromatic amines is 1. The van der Waals surface area contributed by atoms with Crippen molar-refractivity contribution in [2.45, 2.75) is 31.1 Å². The number of aryl methyl sites for hydroxylation is 1. The van der Waals surface area contributed by atoms with E-state index in [1.807, 2.05) is 31.3 Å². The molecule has 0 amide bonds. The van der Waals surface area contributed by atoms with E-state index in [2.05, 4.69) is 18.8 Å². The Bertz CT molecular complexity index is 902. The molecule has 0 fully saturated rings. The molecule has 120 valence electrons. The lowest BCUT2D eigenvalue weighted by molar-refractivity contribution is 0.586. The fraction of sp³-hybridized carbons (Fsp3) is 0.222. The maximum Gasteiger partial charge on any atom is 0.267 e. The van der Waals surface area contributed by atoms with Crippen LogP contribution in [0, 0.1) is 6.92 Å². The summed E-state index contributed by atoms with van der Waals surface area (Å²) in [5.74, 6) is 0. The number of nitrogens with zero attached hydrogens (tertiary/aromatic N) is 1. The Kier molecular flexibility index (Phi) is 3.68. The summed E-state index contributed by atoms with van der Waals surface area (Å²) in [4.78, 5) is 3.50. The van der Waals surface area contributed by atoms with Crippen LogP contribution in [-0.4, -0.2) is 17.4 Å². The number of hydrogen-bond donors (Lipinski definition) is 1. The number of aromatic nitrogens is 2. The number of rotatable bonds is 4. The van der Waals surface area contributed by atoms with E-state index in [4.69, 9.17) is 0 Å². The summed E-state index contributed by atoms with van der Waals surface area (Å²) in [5, 5.41) is 0. The van der Waals surface area contributed by atoms with E-state index < -0.39 is 10.0 Å². The lowest BCUT2D eigenvalue weighted by Gasteiger charge is -2.22. The minimum absolute atomic E-state index is 0.294. The molecule has 2 heterocycles. The lowest BCUT2D eigenvalue weighted by atomic mass is 9.83. The molecule has 0 aliphatic heterocycles. The minimum Gasteiger partial charge on any atom is -0.364 e. The SMILES string of the molecule is Cc1ccc(S(=O)(=O)n2ccc(C(C)(C)c3ccc[nH]3)c2)cc1. The van der Waals surface area contributed by atoms with Gasteiger partial charge in [-0.2, -0.15) is 0 Å². The smallest absolute Gasteiger partial charge is 0.267 e. The minimum atomic E-state index is -3.56.